The highest BCUT2D eigenvalue weighted by molar-refractivity contribution is 6.42. The Morgan fingerprint density at radius 3 is 2.44 bits per heavy atom. The minimum absolute atomic E-state index is 0.483. The van der Waals surface area contributed by atoms with E-state index in [0.29, 0.717) is 22.7 Å². The maximum absolute atomic E-state index is 6.05. The standard InChI is InChI=1S/C21H25Cl2NO/c22-20-11-10-17(13-21(20)23)15-25-19-9-5-6-16(12-19)14-24-18-7-3-1-2-4-8-18/h5-6,9-13,18,24H,1-4,7-8,14-15H2. The summed E-state index contributed by atoms with van der Waals surface area (Å²) >= 11 is 12.0. The van der Waals surface area contributed by atoms with E-state index in [9.17, 15) is 0 Å². The second-order valence-corrected chi connectivity index (χ2v) is 7.57. The van der Waals surface area contributed by atoms with Crippen molar-refractivity contribution in [3.63, 3.8) is 0 Å². The summed E-state index contributed by atoms with van der Waals surface area (Å²) in [5.41, 5.74) is 2.27. The van der Waals surface area contributed by atoms with Crippen molar-refractivity contribution < 1.29 is 4.74 Å². The van der Waals surface area contributed by atoms with Crippen LogP contribution in [0.25, 0.3) is 0 Å². The molecule has 0 unspecified atom stereocenters. The van der Waals surface area contributed by atoms with Crippen LogP contribution in [-0.2, 0) is 13.2 Å². The van der Waals surface area contributed by atoms with Gasteiger partial charge in [-0.15, -0.1) is 0 Å². The molecular formula is C21H25Cl2NO. The molecule has 1 saturated carbocycles. The molecule has 2 aromatic carbocycles. The molecule has 0 atom stereocenters. The minimum atomic E-state index is 0.483. The number of hydrogen-bond acceptors (Lipinski definition) is 2. The Labute approximate surface area is 160 Å². The lowest BCUT2D eigenvalue weighted by molar-refractivity contribution is 0.305. The van der Waals surface area contributed by atoms with Crippen molar-refractivity contribution in [2.45, 2.75) is 57.7 Å². The van der Waals surface area contributed by atoms with E-state index in [1.165, 1.54) is 44.1 Å². The van der Waals surface area contributed by atoms with Gasteiger partial charge in [0.05, 0.1) is 10.0 Å². The van der Waals surface area contributed by atoms with Crippen LogP contribution in [0.3, 0.4) is 0 Å². The van der Waals surface area contributed by atoms with Crippen LogP contribution in [0.4, 0.5) is 0 Å². The topological polar surface area (TPSA) is 21.3 Å². The molecule has 1 fully saturated rings. The van der Waals surface area contributed by atoms with E-state index in [0.717, 1.165) is 17.9 Å². The van der Waals surface area contributed by atoms with Gasteiger partial charge in [0, 0.05) is 12.6 Å². The fourth-order valence-electron chi connectivity index (χ4n) is 3.29. The maximum atomic E-state index is 6.05. The molecule has 134 valence electrons. The molecule has 1 N–H and O–H groups in total. The zero-order valence-corrected chi connectivity index (χ0v) is 16.0. The summed E-state index contributed by atoms with van der Waals surface area (Å²) in [6, 6.07) is 14.5. The van der Waals surface area contributed by atoms with Crippen LogP contribution in [-0.4, -0.2) is 6.04 Å². The molecule has 0 radical (unpaired) electrons. The highest BCUT2D eigenvalue weighted by Gasteiger charge is 2.11. The van der Waals surface area contributed by atoms with Gasteiger partial charge in [-0.1, -0.05) is 67.1 Å². The number of benzene rings is 2. The van der Waals surface area contributed by atoms with Crippen LogP contribution in [0.15, 0.2) is 42.5 Å². The average molecular weight is 378 g/mol. The van der Waals surface area contributed by atoms with E-state index in [4.69, 9.17) is 27.9 Å². The molecule has 0 heterocycles. The van der Waals surface area contributed by atoms with E-state index < -0.39 is 0 Å². The Bertz CT molecular complexity index is 681. The smallest absolute Gasteiger partial charge is 0.120 e. The lowest BCUT2D eigenvalue weighted by atomic mass is 10.1. The lowest BCUT2D eigenvalue weighted by Gasteiger charge is -2.16. The molecule has 0 aliphatic heterocycles. The quantitative estimate of drug-likeness (QED) is 0.589. The Morgan fingerprint density at radius 2 is 1.68 bits per heavy atom. The zero-order valence-electron chi connectivity index (χ0n) is 14.4. The van der Waals surface area contributed by atoms with Crippen LogP contribution in [0.5, 0.6) is 5.75 Å². The normalized spacial score (nSPS) is 15.8. The first kappa shape index (κ1) is 18.6. The van der Waals surface area contributed by atoms with E-state index >= 15 is 0 Å². The highest BCUT2D eigenvalue weighted by atomic mass is 35.5. The SMILES string of the molecule is Clc1ccc(COc2cccc(CNC3CCCCCC3)c2)cc1Cl. The Hall–Kier alpha value is -1.22. The number of ether oxygens (including phenoxy) is 1. The third-order valence-electron chi connectivity index (χ3n) is 4.74. The van der Waals surface area contributed by atoms with Gasteiger partial charge < -0.3 is 10.1 Å². The van der Waals surface area contributed by atoms with Gasteiger partial charge in [0.25, 0.3) is 0 Å². The van der Waals surface area contributed by atoms with Gasteiger partial charge in [-0.2, -0.15) is 0 Å². The molecule has 0 amide bonds. The molecule has 2 nitrogen and oxygen atoms in total. The Morgan fingerprint density at radius 1 is 0.880 bits per heavy atom. The maximum Gasteiger partial charge on any atom is 0.120 e. The van der Waals surface area contributed by atoms with Crippen LogP contribution in [0.1, 0.15) is 49.7 Å². The molecule has 0 spiro atoms. The molecule has 2 aromatic rings. The second kappa shape index (κ2) is 9.47. The highest BCUT2D eigenvalue weighted by Crippen LogP contribution is 2.24. The van der Waals surface area contributed by atoms with Gasteiger partial charge in [0.2, 0.25) is 0 Å². The molecule has 0 bridgehead atoms. The fraction of sp³-hybridized carbons (Fsp3) is 0.429. The van der Waals surface area contributed by atoms with Crippen molar-refractivity contribution in [1.29, 1.82) is 0 Å². The van der Waals surface area contributed by atoms with Gasteiger partial charge >= 0.3 is 0 Å². The average Bonchev–Trinajstić information content (AvgIpc) is 2.90. The number of rotatable bonds is 6. The van der Waals surface area contributed by atoms with Crippen molar-refractivity contribution in [2.75, 3.05) is 0 Å². The van der Waals surface area contributed by atoms with Crippen molar-refractivity contribution in [3.05, 3.63) is 63.6 Å². The summed E-state index contributed by atoms with van der Waals surface area (Å²) in [6.07, 6.45) is 8.07. The van der Waals surface area contributed by atoms with Crippen LogP contribution in [0.2, 0.25) is 10.0 Å². The summed E-state index contributed by atoms with van der Waals surface area (Å²) in [5, 5.41) is 4.83. The van der Waals surface area contributed by atoms with Crippen molar-refractivity contribution >= 4 is 23.2 Å². The third-order valence-corrected chi connectivity index (χ3v) is 5.48. The molecule has 0 aromatic heterocycles. The Kier molecular flexibility index (Phi) is 7.03. The second-order valence-electron chi connectivity index (χ2n) is 6.75. The van der Waals surface area contributed by atoms with Crippen molar-refractivity contribution in [2.24, 2.45) is 0 Å². The van der Waals surface area contributed by atoms with Gasteiger partial charge in [0.15, 0.2) is 0 Å². The predicted octanol–water partition coefficient (Wildman–Crippen LogP) is 6.38. The minimum Gasteiger partial charge on any atom is -0.489 e. The van der Waals surface area contributed by atoms with Crippen molar-refractivity contribution in [3.8, 4) is 5.75 Å². The van der Waals surface area contributed by atoms with Gasteiger partial charge in [-0.05, 0) is 48.2 Å². The summed E-state index contributed by atoms with van der Waals surface area (Å²) in [6.45, 7) is 1.38. The van der Waals surface area contributed by atoms with E-state index in [1.807, 2.05) is 24.3 Å². The van der Waals surface area contributed by atoms with Crippen molar-refractivity contribution in [1.82, 2.24) is 5.32 Å². The lowest BCUT2D eigenvalue weighted by Crippen LogP contribution is -2.27. The van der Waals surface area contributed by atoms with E-state index in [1.54, 1.807) is 6.07 Å². The summed E-state index contributed by atoms with van der Waals surface area (Å²) < 4.78 is 5.91. The van der Waals surface area contributed by atoms with Crippen LogP contribution < -0.4 is 10.1 Å². The first-order valence-electron chi connectivity index (χ1n) is 9.10. The van der Waals surface area contributed by atoms with Crippen LogP contribution >= 0.6 is 23.2 Å². The summed E-state index contributed by atoms with van der Waals surface area (Å²) in [7, 11) is 0. The molecule has 1 aliphatic rings. The predicted molar refractivity (Wildman–Crippen MR) is 106 cm³/mol. The van der Waals surface area contributed by atoms with Gasteiger partial charge in [0.1, 0.15) is 12.4 Å². The Balaban J connectivity index is 1.52. The third kappa shape index (κ3) is 5.91. The molecule has 1 aliphatic carbocycles. The number of halogens is 2. The fourth-order valence-corrected chi connectivity index (χ4v) is 3.61. The van der Waals surface area contributed by atoms with E-state index in [2.05, 4.69) is 17.4 Å². The number of hydrogen-bond donors (Lipinski definition) is 1. The van der Waals surface area contributed by atoms with Gasteiger partial charge in [-0.25, -0.2) is 0 Å². The van der Waals surface area contributed by atoms with Gasteiger partial charge in [-0.3, -0.25) is 0 Å². The largest absolute Gasteiger partial charge is 0.489 e. The zero-order chi connectivity index (χ0) is 17.5. The first-order chi connectivity index (χ1) is 12.2. The van der Waals surface area contributed by atoms with E-state index in [-0.39, 0.29) is 0 Å². The molecule has 25 heavy (non-hydrogen) atoms. The van der Waals surface area contributed by atoms with Crippen LogP contribution in [0, 0.1) is 0 Å². The first-order valence-corrected chi connectivity index (χ1v) is 9.85. The molecule has 4 heteroatoms. The monoisotopic (exact) mass is 377 g/mol. The molecule has 0 saturated heterocycles. The number of nitrogens with one attached hydrogen (secondary N) is 1. The summed E-state index contributed by atoms with van der Waals surface area (Å²) in [4.78, 5) is 0. The molecular weight excluding hydrogens is 353 g/mol. The summed E-state index contributed by atoms with van der Waals surface area (Å²) in [5.74, 6) is 0.881. The molecule has 3 rings (SSSR count).